The van der Waals surface area contributed by atoms with Crippen molar-refractivity contribution in [1.82, 2.24) is 9.29 Å². The summed E-state index contributed by atoms with van der Waals surface area (Å²) in [5, 5.41) is 9.59. The van der Waals surface area contributed by atoms with E-state index >= 15 is 0 Å². The van der Waals surface area contributed by atoms with Gasteiger partial charge < -0.3 is 14.1 Å². The minimum absolute atomic E-state index is 0.00934. The van der Waals surface area contributed by atoms with E-state index in [1.54, 1.807) is 24.3 Å². The molecule has 3 aromatic rings. The standard InChI is InChI=1S/C25H26N4O4S/c1-17-14-28(15-18(2)32-17)25-23(13-26)27-24(33-25)20-7-9-22(10-8-20)34(30,31)29-12-11-19-5-3-4-6-21(19)16-29/h3-10,17-18H,11-12,14-16H2,1-2H3/t17-,18-/m1/s1. The number of nitrogens with zero attached hydrogens (tertiary/aromatic N) is 4. The minimum Gasteiger partial charge on any atom is -0.419 e. The van der Waals surface area contributed by atoms with Crippen molar-refractivity contribution in [3.05, 3.63) is 65.4 Å². The highest BCUT2D eigenvalue weighted by atomic mass is 32.2. The first-order chi connectivity index (χ1) is 16.3. The van der Waals surface area contributed by atoms with Gasteiger partial charge in [0.25, 0.3) is 0 Å². The fourth-order valence-corrected chi connectivity index (χ4v) is 6.08. The topological polar surface area (TPSA) is 99.7 Å². The molecular formula is C25H26N4O4S. The van der Waals surface area contributed by atoms with Crippen molar-refractivity contribution in [2.24, 2.45) is 0 Å². The lowest BCUT2D eigenvalue weighted by Crippen LogP contribution is -2.45. The quantitative estimate of drug-likeness (QED) is 0.565. The molecule has 0 saturated carbocycles. The zero-order valence-corrected chi connectivity index (χ0v) is 20.0. The van der Waals surface area contributed by atoms with Gasteiger partial charge in [-0.2, -0.15) is 14.6 Å². The number of fused-ring (bicyclic) bond motifs is 1. The summed E-state index contributed by atoms with van der Waals surface area (Å²) < 4.78 is 39.8. The van der Waals surface area contributed by atoms with E-state index in [0.717, 1.165) is 5.56 Å². The molecule has 0 amide bonds. The molecule has 0 bridgehead atoms. The van der Waals surface area contributed by atoms with E-state index in [1.807, 2.05) is 43.0 Å². The largest absolute Gasteiger partial charge is 0.419 e. The molecule has 0 aliphatic carbocycles. The lowest BCUT2D eigenvalue weighted by Gasteiger charge is -2.34. The van der Waals surface area contributed by atoms with Crippen LogP contribution >= 0.6 is 0 Å². The van der Waals surface area contributed by atoms with Gasteiger partial charge in [-0.15, -0.1) is 0 Å². The Bertz CT molecular complexity index is 1330. The highest BCUT2D eigenvalue weighted by Crippen LogP contribution is 2.31. The van der Waals surface area contributed by atoms with Crippen LogP contribution in [-0.4, -0.2) is 49.5 Å². The van der Waals surface area contributed by atoms with E-state index in [1.165, 1.54) is 9.87 Å². The second kappa shape index (κ2) is 8.87. The summed E-state index contributed by atoms with van der Waals surface area (Å²) in [7, 11) is -3.63. The first-order valence-electron chi connectivity index (χ1n) is 11.3. The molecule has 0 N–H and O–H groups in total. The average Bonchev–Trinajstić information content (AvgIpc) is 3.28. The zero-order chi connectivity index (χ0) is 23.9. The predicted molar refractivity (Wildman–Crippen MR) is 127 cm³/mol. The van der Waals surface area contributed by atoms with Gasteiger partial charge in [-0.05, 0) is 55.7 Å². The molecule has 0 radical (unpaired) electrons. The van der Waals surface area contributed by atoms with Gasteiger partial charge in [-0.1, -0.05) is 24.3 Å². The number of oxazole rings is 1. The van der Waals surface area contributed by atoms with Crippen molar-refractivity contribution in [1.29, 1.82) is 5.26 Å². The Kier molecular flexibility index (Phi) is 5.90. The van der Waals surface area contributed by atoms with E-state index in [0.29, 0.717) is 44.0 Å². The summed E-state index contributed by atoms with van der Waals surface area (Å²) in [6, 6.07) is 16.5. The van der Waals surface area contributed by atoms with E-state index in [2.05, 4.69) is 11.1 Å². The van der Waals surface area contributed by atoms with Gasteiger partial charge in [0.05, 0.1) is 17.1 Å². The Morgan fingerprint density at radius 3 is 2.38 bits per heavy atom. The lowest BCUT2D eigenvalue weighted by molar-refractivity contribution is -0.00638. The number of sulfonamides is 1. The number of hydrogen-bond donors (Lipinski definition) is 0. The van der Waals surface area contributed by atoms with Gasteiger partial charge in [0.1, 0.15) is 6.07 Å². The molecule has 2 aliphatic heterocycles. The Labute approximate surface area is 199 Å². The van der Waals surface area contributed by atoms with Crippen LogP contribution in [0.25, 0.3) is 11.5 Å². The summed E-state index contributed by atoms with van der Waals surface area (Å²) >= 11 is 0. The summed E-state index contributed by atoms with van der Waals surface area (Å²) in [4.78, 5) is 6.55. The molecule has 2 aliphatic rings. The van der Waals surface area contributed by atoms with Gasteiger partial charge in [-0.3, -0.25) is 0 Å². The van der Waals surface area contributed by atoms with Crippen molar-refractivity contribution in [3.63, 3.8) is 0 Å². The molecule has 2 atom stereocenters. The van der Waals surface area contributed by atoms with Crippen molar-refractivity contribution in [2.75, 3.05) is 24.5 Å². The second-order valence-corrected chi connectivity index (χ2v) is 10.8. The Balaban J connectivity index is 1.38. The molecule has 8 nitrogen and oxygen atoms in total. The molecule has 34 heavy (non-hydrogen) atoms. The summed E-state index contributed by atoms with van der Waals surface area (Å²) in [6.07, 6.45) is 0.715. The molecule has 1 fully saturated rings. The maximum absolute atomic E-state index is 13.2. The lowest BCUT2D eigenvalue weighted by atomic mass is 10.0. The van der Waals surface area contributed by atoms with Crippen LogP contribution in [0.1, 0.15) is 30.7 Å². The zero-order valence-electron chi connectivity index (χ0n) is 19.1. The Hall–Kier alpha value is -3.19. The van der Waals surface area contributed by atoms with Gasteiger partial charge >= 0.3 is 0 Å². The molecule has 2 aromatic carbocycles. The smallest absolute Gasteiger partial charge is 0.243 e. The minimum atomic E-state index is -3.63. The highest BCUT2D eigenvalue weighted by Gasteiger charge is 2.30. The summed E-state index contributed by atoms with van der Waals surface area (Å²) in [5.74, 6) is 0.706. The monoisotopic (exact) mass is 478 g/mol. The summed E-state index contributed by atoms with van der Waals surface area (Å²) in [5.41, 5.74) is 3.05. The third kappa shape index (κ3) is 4.20. The number of benzene rings is 2. The van der Waals surface area contributed by atoms with Crippen LogP contribution in [0.15, 0.2) is 57.8 Å². The SMILES string of the molecule is C[C@@H]1CN(c2oc(-c3ccc(S(=O)(=O)N4CCc5ccccc5C4)cc3)nc2C#N)C[C@@H](C)O1. The molecule has 0 spiro atoms. The first kappa shape index (κ1) is 22.6. The fourth-order valence-electron chi connectivity index (χ4n) is 4.66. The van der Waals surface area contributed by atoms with Gasteiger partial charge in [-0.25, -0.2) is 8.42 Å². The van der Waals surface area contributed by atoms with Crippen LogP contribution < -0.4 is 4.90 Å². The summed E-state index contributed by atoms with van der Waals surface area (Å²) in [6.45, 7) is 5.98. The highest BCUT2D eigenvalue weighted by molar-refractivity contribution is 7.89. The van der Waals surface area contributed by atoms with Crippen LogP contribution in [0.2, 0.25) is 0 Å². The van der Waals surface area contributed by atoms with E-state index in [4.69, 9.17) is 9.15 Å². The van der Waals surface area contributed by atoms with Crippen LogP contribution in [0.4, 0.5) is 5.88 Å². The average molecular weight is 479 g/mol. The third-order valence-corrected chi connectivity index (χ3v) is 8.12. The second-order valence-electron chi connectivity index (χ2n) is 8.83. The maximum Gasteiger partial charge on any atom is 0.243 e. The van der Waals surface area contributed by atoms with Crippen molar-refractivity contribution >= 4 is 15.9 Å². The number of hydrogen-bond acceptors (Lipinski definition) is 7. The van der Waals surface area contributed by atoms with Gasteiger partial charge in [0.2, 0.25) is 27.5 Å². The molecule has 1 aromatic heterocycles. The Morgan fingerprint density at radius 2 is 1.71 bits per heavy atom. The van der Waals surface area contributed by atoms with E-state index in [9.17, 15) is 13.7 Å². The number of nitriles is 1. The van der Waals surface area contributed by atoms with Crippen molar-refractivity contribution in [2.45, 2.75) is 43.9 Å². The van der Waals surface area contributed by atoms with Gasteiger partial charge in [0.15, 0.2) is 0 Å². The Morgan fingerprint density at radius 1 is 1.03 bits per heavy atom. The maximum atomic E-state index is 13.2. The molecule has 176 valence electrons. The first-order valence-corrected chi connectivity index (χ1v) is 12.8. The van der Waals surface area contributed by atoms with Crippen molar-refractivity contribution in [3.8, 4) is 17.5 Å². The molecule has 3 heterocycles. The van der Waals surface area contributed by atoms with Crippen LogP contribution in [0, 0.1) is 11.3 Å². The normalized spacial score (nSPS) is 21.1. The van der Waals surface area contributed by atoms with Crippen molar-refractivity contribution < 1.29 is 17.6 Å². The molecule has 5 rings (SSSR count). The number of aromatic nitrogens is 1. The fraction of sp³-hybridized carbons (Fsp3) is 0.360. The van der Waals surface area contributed by atoms with E-state index < -0.39 is 10.0 Å². The van der Waals surface area contributed by atoms with Crippen LogP contribution in [0.3, 0.4) is 0 Å². The molecular weight excluding hydrogens is 452 g/mol. The molecule has 1 saturated heterocycles. The third-order valence-electron chi connectivity index (χ3n) is 6.26. The van der Waals surface area contributed by atoms with Gasteiger partial charge in [0, 0.05) is 31.7 Å². The molecule has 9 heteroatoms. The number of rotatable bonds is 4. The molecule has 0 unspecified atom stereocenters. The number of ether oxygens (including phenoxy) is 1. The van der Waals surface area contributed by atoms with Crippen LogP contribution in [-0.2, 0) is 27.7 Å². The number of anilines is 1. The van der Waals surface area contributed by atoms with Crippen LogP contribution in [0.5, 0.6) is 0 Å². The predicted octanol–water partition coefficient (Wildman–Crippen LogP) is 3.57. The van der Waals surface area contributed by atoms with E-state index in [-0.39, 0.29) is 28.7 Å². The number of morpholine rings is 1.